The van der Waals surface area contributed by atoms with E-state index in [2.05, 4.69) is 25.9 Å². The number of nitrogens with one attached hydrogen (secondary N) is 1. The van der Waals surface area contributed by atoms with Crippen molar-refractivity contribution in [2.45, 2.75) is 19.5 Å². The van der Waals surface area contributed by atoms with E-state index in [-0.39, 0.29) is 5.75 Å². The van der Waals surface area contributed by atoms with Crippen molar-refractivity contribution >= 4 is 11.0 Å². The first-order valence-corrected chi connectivity index (χ1v) is 7.07. The van der Waals surface area contributed by atoms with Crippen LogP contribution in [0.2, 0.25) is 0 Å². The third-order valence-electron chi connectivity index (χ3n) is 3.40. The number of fused-ring (bicyclic) bond motifs is 1. The van der Waals surface area contributed by atoms with E-state index in [1.807, 2.05) is 30.6 Å². The third-order valence-corrected chi connectivity index (χ3v) is 3.40. The summed E-state index contributed by atoms with van der Waals surface area (Å²) in [5.74, 6) is 0.200. The number of aromatic hydroxyl groups is 1. The van der Waals surface area contributed by atoms with Crippen molar-refractivity contribution in [3.63, 3.8) is 0 Å². The van der Waals surface area contributed by atoms with Crippen LogP contribution >= 0.6 is 0 Å². The smallest absolute Gasteiger partial charge is 0.133 e. The van der Waals surface area contributed by atoms with Crippen molar-refractivity contribution in [2.24, 2.45) is 0 Å². The lowest BCUT2D eigenvalue weighted by Gasteiger charge is -2.06. The van der Waals surface area contributed by atoms with E-state index in [9.17, 15) is 0 Å². The highest BCUT2D eigenvalue weighted by Crippen LogP contribution is 2.11. The average Bonchev–Trinajstić information content (AvgIpc) is 2.92. The lowest BCUT2D eigenvalue weighted by atomic mass is 10.3. The molecule has 0 unspecified atom stereocenters. The molecule has 108 valence electrons. The number of hydrogen-bond donors (Lipinski definition) is 2. The number of benzene rings is 1. The topological polar surface area (TPSA) is 63.0 Å². The molecule has 0 bridgehead atoms. The summed E-state index contributed by atoms with van der Waals surface area (Å²) in [5, 5.41) is 12.5. The molecule has 2 N–H and O–H groups in total. The molecule has 0 radical (unpaired) electrons. The largest absolute Gasteiger partial charge is 0.506 e. The minimum atomic E-state index is 0.200. The quantitative estimate of drug-likeness (QED) is 0.681. The number of imidazole rings is 1. The minimum absolute atomic E-state index is 0.200. The molecule has 0 atom stereocenters. The van der Waals surface area contributed by atoms with Crippen LogP contribution in [-0.4, -0.2) is 26.2 Å². The normalized spacial score (nSPS) is 11.0. The average molecular weight is 282 g/mol. The second-order valence-electron chi connectivity index (χ2n) is 4.96. The van der Waals surface area contributed by atoms with Crippen LogP contribution in [0.15, 0.2) is 48.9 Å². The molecule has 0 fully saturated rings. The molecule has 3 aromatic rings. The second-order valence-corrected chi connectivity index (χ2v) is 4.96. The molecule has 0 aliphatic carbocycles. The fourth-order valence-electron chi connectivity index (χ4n) is 2.30. The van der Waals surface area contributed by atoms with Crippen LogP contribution < -0.4 is 5.32 Å². The lowest BCUT2D eigenvalue weighted by molar-refractivity contribution is 0.471. The van der Waals surface area contributed by atoms with Gasteiger partial charge in [0.15, 0.2) is 0 Å². The van der Waals surface area contributed by atoms with Crippen LogP contribution in [0, 0.1) is 0 Å². The zero-order valence-electron chi connectivity index (χ0n) is 11.7. The van der Waals surface area contributed by atoms with E-state index in [0.717, 1.165) is 30.7 Å². The van der Waals surface area contributed by atoms with Gasteiger partial charge in [-0.25, -0.2) is 4.98 Å². The van der Waals surface area contributed by atoms with Gasteiger partial charge < -0.3 is 15.0 Å². The number of aromatic nitrogens is 3. The van der Waals surface area contributed by atoms with Crippen LogP contribution in [0.5, 0.6) is 5.75 Å². The molecule has 0 spiro atoms. The van der Waals surface area contributed by atoms with E-state index < -0.39 is 0 Å². The van der Waals surface area contributed by atoms with Gasteiger partial charge in [0.05, 0.1) is 29.3 Å². The third kappa shape index (κ3) is 3.38. The number of hydrogen-bond acceptors (Lipinski definition) is 4. The first-order valence-electron chi connectivity index (χ1n) is 7.07. The van der Waals surface area contributed by atoms with E-state index in [4.69, 9.17) is 5.11 Å². The first kappa shape index (κ1) is 13.6. The van der Waals surface area contributed by atoms with Gasteiger partial charge in [0.1, 0.15) is 5.75 Å². The fraction of sp³-hybridized carbons (Fsp3) is 0.250. The maximum atomic E-state index is 9.17. The van der Waals surface area contributed by atoms with Gasteiger partial charge in [0.25, 0.3) is 0 Å². The summed E-state index contributed by atoms with van der Waals surface area (Å²) < 4.78 is 2.18. The number of rotatable bonds is 6. The Morgan fingerprint density at radius 3 is 2.86 bits per heavy atom. The highest BCUT2D eigenvalue weighted by atomic mass is 16.3. The Morgan fingerprint density at radius 1 is 1.10 bits per heavy atom. The zero-order chi connectivity index (χ0) is 14.5. The Balaban J connectivity index is 1.45. The Hall–Kier alpha value is -2.40. The van der Waals surface area contributed by atoms with Gasteiger partial charge in [-0.2, -0.15) is 0 Å². The predicted octanol–water partition coefficient (Wildman–Crippen LogP) is 2.32. The number of nitrogens with zero attached hydrogens (tertiary/aromatic N) is 3. The molecule has 5 heteroatoms. The molecule has 3 rings (SSSR count). The SMILES string of the molecule is Oc1ccc(CNCCCn2cnc3ccccc32)nc1. The van der Waals surface area contributed by atoms with Crippen LogP contribution in [0.25, 0.3) is 11.0 Å². The molecule has 5 nitrogen and oxygen atoms in total. The molecular weight excluding hydrogens is 264 g/mol. The first-order chi connectivity index (χ1) is 10.3. The maximum absolute atomic E-state index is 9.17. The van der Waals surface area contributed by atoms with Crippen molar-refractivity contribution in [2.75, 3.05) is 6.54 Å². The lowest BCUT2D eigenvalue weighted by Crippen LogP contribution is -2.17. The van der Waals surface area contributed by atoms with Crippen LogP contribution in [-0.2, 0) is 13.1 Å². The molecule has 0 amide bonds. The van der Waals surface area contributed by atoms with Crippen molar-refractivity contribution in [1.29, 1.82) is 0 Å². The summed E-state index contributed by atoms with van der Waals surface area (Å²) in [4.78, 5) is 8.52. The summed E-state index contributed by atoms with van der Waals surface area (Å²) in [5.41, 5.74) is 3.15. The van der Waals surface area contributed by atoms with Gasteiger partial charge in [-0.3, -0.25) is 4.98 Å². The fourth-order valence-corrected chi connectivity index (χ4v) is 2.30. The Kier molecular flexibility index (Phi) is 4.12. The summed E-state index contributed by atoms with van der Waals surface area (Å²) in [7, 11) is 0. The molecule has 0 aliphatic rings. The van der Waals surface area contributed by atoms with Crippen molar-refractivity contribution in [1.82, 2.24) is 19.9 Å². The number of aryl methyl sites for hydroxylation is 1. The van der Waals surface area contributed by atoms with E-state index >= 15 is 0 Å². The Morgan fingerprint density at radius 2 is 2.00 bits per heavy atom. The van der Waals surface area contributed by atoms with Gasteiger partial charge in [-0.05, 0) is 37.2 Å². The zero-order valence-corrected chi connectivity index (χ0v) is 11.7. The standard InChI is InChI=1S/C16H18N4O/c21-14-7-6-13(18-11-14)10-17-8-3-9-20-12-19-15-4-1-2-5-16(15)20/h1-2,4-7,11-12,17,21H,3,8-10H2. The van der Waals surface area contributed by atoms with Crippen molar-refractivity contribution in [3.05, 3.63) is 54.6 Å². The monoisotopic (exact) mass is 282 g/mol. The molecule has 0 saturated heterocycles. The number of para-hydroxylation sites is 2. The molecule has 0 saturated carbocycles. The molecule has 21 heavy (non-hydrogen) atoms. The van der Waals surface area contributed by atoms with Crippen molar-refractivity contribution < 1.29 is 5.11 Å². The van der Waals surface area contributed by atoms with Gasteiger partial charge in [0, 0.05) is 13.1 Å². The minimum Gasteiger partial charge on any atom is -0.506 e. The molecule has 1 aromatic carbocycles. The highest BCUT2D eigenvalue weighted by Gasteiger charge is 2.00. The van der Waals surface area contributed by atoms with E-state index in [0.29, 0.717) is 6.54 Å². The maximum Gasteiger partial charge on any atom is 0.133 e. The summed E-state index contributed by atoms with van der Waals surface area (Å²) in [6.45, 7) is 2.57. The van der Waals surface area contributed by atoms with Crippen molar-refractivity contribution in [3.8, 4) is 5.75 Å². The van der Waals surface area contributed by atoms with E-state index in [1.165, 1.54) is 11.7 Å². The van der Waals surface area contributed by atoms with Gasteiger partial charge in [-0.1, -0.05) is 12.1 Å². The Bertz CT molecular complexity index is 706. The van der Waals surface area contributed by atoms with Gasteiger partial charge >= 0.3 is 0 Å². The Labute approximate surface area is 123 Å². The van der Waals surface area contributed by atoms with E-state index in [1.54, 1.807) is 6.07 Å². The molecule has 0 aliphatic heterocycles. The van der Waals surface area contributed by atoms with Crippen LogP contribution in [0.1, 0.15) is 12.1 Å². The van der Waals surface area contributed by atoms with Gasteiger partial charge in [0.2, 0.25) is 0 Å². The summed E-state index contributed by atoms with van der Waals surface area (Å²) in [6.07, 6.45) is 4.39. The highest BCUT2D eigenvalue weighted by molar-refractivity contribution is 5.74. The molecule has 2 heterocycles. The van der Waals surface area contributed by atoms with Crippen LogP contribution in [0.4, 0.5) is 0 Å². The predicted molar refractivity (Wildman–Crippen MR) is 82.0 cm³/mol. The van der Waals surface area contributed by atoms with Gasteiger partial charge in [-0.15, -0.1) is 0 Å². The number of pyridine rings is 1. The summed E-state index contributed by atoms with van der Waals surface area (Å²) >= 11 is 0. The molecule has 2 aromatic heterocycles. The second kappa shape index (κ2) is 6.37. The summed E-state index contributed by atoms with van der Waals surface area (Å²) in [6, 6.07) is 11.6. The molecular formula is C16H18N4O. The van der Waals surface area contributed by atoms with Crippen LogP contribution in [0.3, 0.4) is 0 Å².